The Hall–Kier alpha value is -1.88. The molecule has 0 amide bonds. The highest BCUT2D eigenvalue weighted by atomic mass is 16.5. The molecule has 0 aliphatic heterocycles. The summed E-state index contributed by atoms with van der Waals surface area (Å²) in [7, 11) is 2.74. The van der Waals surface area contributed by atoms with E-state index in [0.29, 0.717) is 11.3 Å². The van der Waals surface area contributed by atoms with E-state index in [9.17, 15) is 9.59 Å². The molecule has 5 nitrogen and oxygen atoms in total. The summed E-state index contributed by atoms with van der Waals surface area (Å²) in [5.41, 5.74) is 7.00. The normalized spacial score (nSPS) is 11.8. The van der Waals surface area contributed by atoms with E-state index in [1.165, 1.54) is 14.2 Å². The van der Waals surface area contributed by atoms with Gasteiger partial charge in [-0.3, -0.25) is 9.59 Å². The highest BCUT2D eigenvalue weighted by Gasteiger charge is 2.22. The standard InChI is InChI=1S/C13H17NO4/c1-8-4-5-11(17-2)9(6-8)13(16)10(14)7-12(15)18-3/h4-6,10H,7,14H2,1-3H3. The maximum Gasteiger partial charge on any atom is 0.307 e. The predicted octanol–water partition coefficient (Wildman–Crippen LogP) is 1.08. The molecule has 1 aromatic rings. The Morgan fingerprint density at radius 1 is 1.33 bits per heavy atom. The van der Waals surface area contributed by atoms with Crippen LogP contribution in [0.4, 0.5) is 0 Å². The zero-order valence-corrected chi connectivity index (χ0v) is 10.7. The lowest BCUT2D eigenvalue weighted by Crippen LogP contribution is -2.33. The molecule has 0 bridgehead atoms. The van der Waals surface area contributed by atoms with Crippen molar-refractivity contribution in [2.45, 2.75) is 19.4 Å². The average Bonchev–Trinajstić information content (AvgIpc) is 2.37. The number of ether oxygens (including phenoxy) is 2. The van der Waals surface area contributed by atoms with Crippen LogP contribution in [0, 0.1) is 6.92 Å². The van der Waals surface area contributed by atoms with Crippen LogP contribution in [0.15, 0.2) is 18.2 Å². The Balaban J connectivity index is 2.95. The van der Waals surface area contributed by atoms with E-state index in [0.717, 1.165) is 5.56 Å². The summed E-state index contributed by atoms with van der Waals surface area (Å²) >= 11 is 0. The minimum Gasteiger partial charge on any atom is -0.496 e. The van der Waals surface area contributed by atoms with Crippen LogP contribution in [0.2, 0.25) is 0 Å². The quantitative estimate of drug-likeness (QED) is 0.625. The van der Waals surface area contributed by atoms with Crippen LogP contribution in [0.25, 0.3) is 0 Å². The third-order valence-corrected chi connectivity index (χ3v) is 2.57. The number of hydrogen-bond donors (Lipinski definition) is 1. The lowest BCUT2D eigenvalue weighted by atomic mass is 10.00. The Morgan fingerprint density at radius 2 is 2.00 bits per heavy atom. The molecule has 0 spiro atoms. The van der Waals surface area contributed by atoms with Crippen LogP contribution in [-0.2, 0) is 9.53 Å². The summed E-state index contributed by atoms with van der Waals surface area (Å²) in [5.74, 6) is -0.394. The van der Waals surface area contributed by atoms with Crippen molar-refractivity contribution in [3.8, 4) is 5.75 Å². The average molecular weight is 251 g/mol. The first-order valence-electron chi connectivity index (χ1n) is 5.50. The van der Waals surface area contributed by atoms with Gasteiger partial charge < -0.3 is 15.2 Å². The van der Waals surface area contributed by atoms with Gasteiger partial charge in [-0.1, -0.05) is 11.6 Å². The summed E-state index contributed by atoms with van der Waals surface area (Å²) < 4.78 is 9.60. The minimum atomic E-state index is -0.923. The molecule has 1 rings (SSSR count). The number of benzene rings is 1. The number of aryl methyl sites for hydroxylation is 1. The first kappa shape index (κ1) is 14.2. The molecule has 0 fully saturated rings. The van der Waals surface area contributed by atoms with E-state index in [2.05, 4.69) is 4.74 Å². The lowest BCUT2D eigenvalue weighted by Gasteiger charge is -2.13. The fourth-order valence-corrected chi connectivity index (χ4v) is 1.57. The zero-order valence-electron chi connectivity index (χ0n) is 10.7. The van der Waals surface area contributed by atoms with Crippen LogP contribution in [0.1, 0.15) is 22.3 Å². The fraction of sp³-hybridized carbons (Fsp3) is 0.385. The molecule has 98 valence electrons. The van der Waals surface area contributed by atoms with Gasteiger partial charge in [-0.2, -0.15) is 0 Å². The van der Waals surface area contributed by atoms with Crippen LogP contribution in [-0.4, -0.2) is 32.0 Å². The first-order valence-corrected chi connectivity index (χ1v) is 5.50. The van der Waals surface area contributed by atoms with Gasteiger partial charge in [0.05, 0.1) is 32.2 Å². The summed E-state index contributed by atoms with van der Waals surface area (Å²) in [4.78, 5) is 23.2. The largest absolute Gasteiger partial charge is 0.496 e. The molecular formula is C13H17NO4. The van der Waals surface area contributed by atoms with E-state index < -0.39 is 12.0 Å². The van der Waals surface area contributed by atoms with Gasteiger partial charge >= 0.3 is 5.97 Å². The first-order chi connectivity index (χ1) is 8.49. The van der Waals surface area contributed by atoms with E-state index in [-0.39, 0.29) is 12.2 Å². The van der Waals surface area contributed by atoms with Gasteiger partial charge in [0.25, 0.3) is 0 Å². The maximum atomic E-state index is 12.1. The van der Waals surface area contributed by atoms with Crippen molar-refractivity contribution in [3.63, 3.8) is 0 Å². The van der Waals surface area contributed by atoms with Crippen molar-refractivity contribution in [2.24, 2.45) is 5.73 Å². The SMILES string of the molecule is COC(=O)CC(N)C(=O)c1cc(C)ccc1OC. The summed E-state index contributed by atoms with van der Waals surface area (Å²) in [6.45, 7) is 1.86. The second kappa shape index (κ2) is 6.16. The topological polar surface area (TPSA) is 78.6 Å². The summed E-state index contributed by atoms with van der Waals surface area (Å²) in [5, 5.41) is 0. The van der Waals surface area contributed by atoms with Gasteiger partial charge in [-0.25, -0.2) is 0 Å². The molecule has 1 unspecified atom stereocenters. The molecule has 5 heteroatoms. The van der Waals surface area contributed by atoms with Gasteiger partial charge in [0.15, 0.2) is 5.78 Å². The van der Waals surface area contributed by atoms with Gasteiger partial charge in [-0.05, 0) is 19.1 Å². The molecule has 0 aliphatic rings. The number of nitrogens with two attached hydrogens (primary N) is 1. The smallest absolute Gasteiger partial charge is 0.307 e. The predicted molar refractivity (Wildman–Crippen MR) is 66.7 cm³/mol. The second-order valence-corrected chi connectivity index (χ2v) is 3.95. The lowest BCUT2D eigenvalue weighted by molar-refractivity contribution is -0.140. The van der Waals surface area contributed by atoms with Crippen molar-refractivity contribution in [2.75, 3.05) is 14.2 Å². The van der Waals surface area contributed by atoms with E-state index >= 15 is 0 Å². The maximum absolute atomic E-state index is 12.1. The van der Waals surface area contributed by atoms with Crippen molar-refractivity contribution in [1.82, 2.24) is 0 Å². The highest BCUT2D eigenvalue weighted by Crippen LogP contribution is 2.21. The molecule has 1 aromatic carbocycles. The number of carbonyl (C=O) groups is 2. The van der Waals surface area contributed by atoms with E-state index in [1.54, 1.807) is 12.1 Å². The Bertz CT molecular complexity index is 456. The molecule has 0 aliphatic carbocycles. The van der Waals surface area contributed by atoms with Crippen molar-refractivity contribution >= 4 is 11.8 Å². The molecule has 2 N–H and O–H groups in total. The summed E-state index contributed by atoms with van der Waals surface area (Å²) in [6.07, 6.45) is -0.146. The van der Waals surface area contributed by atoms with Gasteiger partial charge in [-0.15, -0.1) is 0 Å². The van der Waals surface area contributed by atoms with Gasteiger partial charge in [0.1, 0.15) is 5.75 Å². The van der Waals surface area contributed by atoms with Crippen LogP contribution < -0.4 is 10.5 Å². The van der Waals surface area contributed by atoms with Crippen molar-refractivity contribution < 1.29 is 19.1 Å². The summed E-state index contributed by atoms with van der Waals surface area (Å²) in [6, 6.07) is 4.31. The third kappa shape index (κ3) is 3.30. The number of hydrogen-bond acceptors (Lipinski definition) is 5. The van der Waals surface area contributed by atoms with Crippen LogP contribution in [0.5, 0.6) is 5.75 Å². The van der Waals surface area contributed by atoms with E-state index in [4.69, 9.17) is 10.5 Å². The number of Topliss-reactive ketones (excluding diaryl/α,β-unsaturated/α-hetero) is 1. The monoisotopic (exact) mass is 251 g/mol. The molecule has 18 heavy (non-hydrogen) atoms. The Kier molecular flexibility index (Phi) is 4.85. The number of esters is 1. The molecule has 0 saturated carbocycles. The van der Waals surface area contributed by atoms with Gasteiger partial charge in [0, 0.05) is 0 Å². The molecule has 0 aromatic heterocycles. The number of ketones is 1. The van der Waals surface area contributed by atoms with E-state index in [1.807, 2.05) is 13.0 Å². The fourth-order valence-electron chi connectivity index (χ4n) is 1.57. The number of rotatable bonds is 5. The molecule has 1 atom stereocenters. The molecular weight excluding hydrogens is 234 g/mol. The van der Waals surface area contributed by atoms with Crippen LogP contribution in [0.3, 0.4) is 0 Å². The second-order valence-electron chi connectivity index (χ2n) is 3.95. The Labute approximate surface area is 106 Å². The Morgan fingerprint density at radius 3 is 2.56 bits per heavy atom. The van der Waals surface area contributed by atoms with Gasteiger partial charge in [0.2, 0.25) is 0 Å². The highest BCUT2D eigenvalue weighted by molar-refractivity contribution is 6.03. The van der Waals surface area contributed by atoms with Crippen molar-refractivity contribution in [3.05, 3.63) is 29.3 Å². The third-order valence-electron chi connectivity index (χ3n) is 2.57. The number of carbonyl (C=O) groups excluding carboxylic acids is 2. The minimum absolute atomic E-state index is 0.146. The van der Waals surface area contributed by atoms with Crippen LogP contribution >= 0.6 is 0 Å². The van der Waals surface area contributed by atoms with Crippen molar-refractivity contribution in [1.29, 1.82) is 0 Å². The molecule has 0 radical (unpaired) electrons. The zero-order chi connectivity index (χ0) is 13.7. The molecule has 0 heterocycles. The number of methoxy groups -OCH3 is 2. The molecule has 0 saturated heterocycles.